The first-order chi connectivity index (χ1) is 14.1. The number of ketones is 1. The summed E-state index contributed by atoms with van der Waals surface area (Å²) in [5, 5.41) is 12.0. The van der Waals surface area contributed by atoms with E-state index in [1.165, 1.54) is 18.2 Å². The molecule has 1 aromatic carbocycles. The number of amides is 1. The first kappa shape index (κ1) is 23.1. The zero-order chi connectivity index (χ0) is 22.3. The van der Waals surface area contributed by atoms with Gasteiger partial charge in [0.2, 0.25) is 5.91 Å². The number of phenolic OH excluding ortho intramolecular Hbond substituents is 1. The number of rotatable bonds is 6. The van der Waals surface area contributed by atoms with Crippen molar-refractivity contribution in [2.45, 2.75) is 47.5 Å². The highest BCUT2D eigenvalue weighted by Crippen LogP contribution is 2.39. The molecule has 0 saturated heterocycles. The number of Topliss-reactive ketones (excluding diaryl/α,β-unsaturated/α-hetero) is 1. The molecular formula is C26H31NO3. The monoisotopic (exact) mass is 405 g/mol. The van der Waals surface area contributed by atoms with Crippen LogP contribution in [0.4, 0.5) is 5.69 Å². The van der Waals surface area contributed by atoms with Crippen LogP contribution in [0.15, 0.2) is 83.0 Å². The Bertz CT molecular complexity index is 954. The van der Waals surface area contributed by atoms with Crippen molar-refractivity contribution >= 4 is 17.4 Å². The Morgan fingerprint density at radius 2 is 1.77 bits per heavy atom. The number of anilines is 1. The van der Waals surface area contributed by atoms with E-state index < -0.39 is 0 Å². The summed E-state index contributed by atoms with van der Waals surface area (Å²) < 4.78 is 0. The Morgan fingerprint density at radius 3 is 2.43 bits per heavy atom. The number of allylic oxidation sites excluding steroid dienone is 9. The van der Waals surface area contributed by atoms with Gasteiger partial charge in [-0.3, -0.25) is 9.59 Å². The van der Waals surface area contributed by atoms with E-state index >= 15 is 0 Å². The van der Waals surface area contributed by atoms with Crippen LogP contribution in [-0.2, 0) is 9.59 Å². The molecule has 2 rings (SSSR count). The third-order valence-corrected chi connectivity index (χ3v) is 5.24. The third-order valence-electron chi connectivity index (χ3n) is 5.24. The minimum atomic E-state index is -0.239. The van der Waals surface area contributed by atoms with E-state index in [1.54, 1.807) is 18.2 Å². The molecule has 1 aliphatic rings. The van der Waals surface area contributed by atoms with E-state index in [1.807, 2.05) is 39.0 Å². The van der Waals surface area contributed by atoms with Crippen LogP contribution in [0.5, 0.6) is 5.75 Å². The molecule has 0 atom stereocenters. The van der Waals surface area contributed by atoms with Crippen molar-refractivity contribution in [1.29, 1.82) is 0 Å². The number of carbonyl (C=O) groups is 2. The molecule has 1 aromatic rings. The van der Waals surface area contributed by atoms with Crippen molar-refractivity contribution in [3.05, 3.63) is 83.0 Å². The van der Waals surface area contributed by atoms with E-state index in [9.17, 15) is 14.7 Å². The molecule has 4 heteroatoms. The Balaban J connectivity index is 2.00. The molecule has 0 aromatic heterocycles. The maximum absolute atomic E-state index is 12.1. The van der Waals surface area contributed by atoms with Gasteiger partial charge in [0, 0.05) is 18.2 Å². The van der Waals surface area contributed by atoms with E-state index in [0.717, 1.165) is 28.7 Å². The van der Waals surface area contributed by atoms with Gasteiger partial charge in [-0.1, -0.05) is 55.4 Å². The Hall–Kier alpha value is -3.14. The molecule has 0 heterocycles. The summed E-state index contributed by atoms with van der Waals surface area (Å²) in [6.07, 6.45) is 12.7. The lowest BCUT2D eigenvalue weighted by Crippen LogP contribution is -2.24. The second-order valence-corrected chi connectivity index (χ2v) is 8.37. The van der Waals surface area contributed by atoms with Crippen LogP contribution in [0.1, 0.15) is 47.5 Å². The minimum absolute atomic E-state index is 0.00720. The molecule has 1 aliphatic carbocycles. The van der Waals surface area contributed by atoms with Gasteiger partial charge < -0.3 is 10.4 Å². The smallest absolute Gasteiger partial charge is 0.248 e. The molecule has 2 N–H and O–H groups in total. The number of aromatic hydroxyl groups is 1. The van der Waals surface area contributed by atoms with E-state index in [4.69, 9.17) is 0 Å². The Labute approximate surface area is 179 Å². The van der Waals surface area contributed by atoms with Crippen molar-refractivity contribution in [3.8, 4) is 5.75 Å². The molecule has 30 heavy (non-hydrogen) atoms. The molecule has 1 amide bonds. The summed E-state index contributed by atoms with van der Waals surface area (Å²) in [5.41, 5.74) is 4.69. The lowest BCUT2D eigenvalue weighted by atomic mass is 9.72. The summed E-state index contributed by atoms with van der Waals surface area (Å²) in [5.74, 6) is 0.155. The largest absolute Gasteiger partial charge is 0.508 e. The third kappa shape index (κ3) is 6.73. The van der Waals surface area contributed by atoms with Gasteiger partial charge >= 0.3 is 0 Å². The van der Waals surface area contributed by atoms with Crippen LogP contribution in [0.2, 0.25) is 0 Å². The van der Waals surface area contributed by atoms with Gasteiger partial charge in [0.05, 0.1) is 0 Å². The Morgan fingerprint density at radius 1 is 1.10 bits per heavy atom. The van der Waals surface area contributed by atoms with Gasteiger partial charge in [0.1, 0.15) is 5.75 Å². The molecule has 4 nitrogen and oxygen atoms in total. The highest BCUT2D eigenvalue weighted by Gasteiger charge is 2.30. The summed E-state index contributed by atoms with van der Waals surface area (Å²) in [6.45, 7) is 10.3. The molecule has 0 bridgehead atoms. The lowest BCUT2D eigenvalue weighted by molar-refractivity contribution is -0.116. The van der Waals surface area contributed by atoms with Crippen molar-refractivity contribution < 1.29 is 14.7 Å². The highest BCUT2D eigenvalue weighted by atomic mass is 16.3. The lowest BCUT2D eigenvalue weighted by Gasteiger charge is -2.32. The van der Waals surface area contributed by atoms with E-state index in [0.29, 0.717) is 12.1 Å². The minimum Gasteiger partial charge on any atom is -0.508 e. The predicted octanol–water partition coefficient (Wildman–Crippen LogP) is 6.04. The highest BCUT2D eigenvalue weighted by molar-refractivity contribution is 5.99. The average molecular weight is 406 g/mol. The zero-order valence-electron chi connectivity index (χ0n) is 18.5. The predicted molar refractivity (Wildman–Crippen MR) is 123 cm³/mol. The summed E-state index contributed by atoms with van der Waals surface area (Å²) in [4.78, 5) is 24.0. The van der Waals surface area contributed by atoms with Crippen LogP contribution in [0.25, 0.3) is 0 Å². The maximum Gasteiger partial charge on any atom is 0.248 e. The molecule has 0 saturated carbocycles. The van der Waals surface area contributed by atoms with Crippen LogP contribution in [-0.4, -0.2) is 16.8 Å². The Kier molecular flexibility index (Phi) is 7.76. The number of phenols is 1. The van der Waals surface area contributed by atoms with Crippen LogP contribution < -0.4 is 5.32 Å². The number of benzene rings is 1. The van der Waals surface area contributed by atoms with Gasteiger partial charge in [-0.25, -0.2) is 0 Å². The molecule has 0 radical (unpaired) electrons. The fourth-order valence-corrected chi connectivity index (χ4v) is 3.44. The van der Waals surface area contributed by atoms with Gasteiger partial charge in [-0.15, -0.1) is 0 Å². The maximum atomic E-state index is 12.1. The van der Waals surface area contributed by atoms with E-state index in [-0.39, 0.29) is 22.9 Å². The molecular weight excluding hydrogens is 374 g/mol. The second-order valence-electron chi connectivity index (χ2n) is 8.37. The fraction of sp³-hybridized carbons (Fsp3) is 0.308. The standard InChI is InChI=1S/C26H31NO3/c1-18(7-6-8-25(30)27-21-10-12-22(28)13-11-21)17-19(2)9-14-23-20(3)24(29)15-16-26(23,4)5/h6-14,17,28H,15-16H2,1-5H3,(H,27,30)/b8-6+,14-9+,18-7+,19-17+. The second kappa shape index (κ2) is 10.1. The van der Waals surface area contributed by atoms with Crippen LogP contribution >= 0.6 is 0 Å². The first-order valence-electron chi connectivity index (χ1n) is 10.1. The normalized spacial score (nSPS) is 17.8. The van der Waals surface area contributed by atoms with Crippen molar-refractivity contribution in [3.63, 3.8) is 0 Å². The number of hydrogen-bond donors (Lipinski definition) is 2. The topological polar surface area (TPSA) is 66.4 Å². The number of carbonyl (C=O) groups excluding carboxylic acids is 2. The van der Waals surface area contributed by atoms with Gasteiger partial charge in [-0.2, -0.15) is 0 Å². The number of nitrogens with one attached hydrogen (secondary N) is 1. The van der Waals surface area contributed by atoms with Gasteiger partial charge in [-0.05, 0) is 68.0 Å². The van der Waals surface area contributed by atoms with Crippen molar-refractivity contribution in [1.82, 2.24) is 0 Å². The molecule has 158 valence electrons. The van der Waals surface area contributed by atoms with E-state index in [2.05, 4.69) is 25.2 Å². The number of hydrogen-bond acceptors (Lipinski definition) is 3. The average Bonchev–Trinajstić information content (AvgIpc) is 2.66. The van der Waals surface area contributed by atoms with Crippen LogP contribution in [0.3, 0.4) is 0 Å². The molecule has 0 spiro atoms. The van der Waals surface area contributed by atoms with Crippen LogP contribution in [0, 0.1) is 5.41 Å². The van der Waals surface area contributed by atoms with Crippen molar-refractivity contribution in [2.75, 3.05) is 5.32 Å². The molecule has 0 aliphatic heterocycles. The SMILES string of the molecule is CC1=C(/C=C/C(C)=C/C(C)=C/C=C/C(=O)Nc2ccc(O)cc2)C(C)(C)CCC1=O. The summed E-state index contributed by atoms with van der Waals surface area (Å²) in [6, 6.07) is 6.32. The summed E-state index contributed by atoms with van der Waals surface area (Å²) >= 11 is 0. The fourth-order valence-electron chi connectivity index (χ4n) is 3.44. The quantitative estimate of drug-likeness (QED) is 0.344. The van der Waals surface area contributed by atoms with Gasteiger partial charge in [0.15, 0.2) is 5.78 Å². The first-order valence-corrected chi connectivity index (χ1v) is 10.1. The molecule has 0 fully saturated rings. The zero-order valence-corrected chi connectivity index (χ0v) is 18.5. The molecule has 0 unspecified atom stereocenters. The van der Waals surface area contributed by atoms with Gasteiger partial charge in [0.25, 0.3) is 0 Å². The summed E-state index contributed by atoms with van der Waals surface area (Å²) in [7, 11) is 0. The van der Waals surface area contributed by atoms with Crippen molar-refractivity contribution in [2.24, 2.45) is 5.41 Å².